The van der Waals surface area contributed by atoms with E-state index in [4.69, 9.17) is 11.6 Å². The second kappa shape index (κ2) is 5.55. The lowest BCUT2D eigenvalue weighted by Gasteiger charge is -2.07. The largest absolute Gasteiger partial charge is 0.321 e. The predicted octanol–water partition coefficient (Wildman–Crippen LogP) is 4.66. The Hall–Kier alpha value is -1.32. The number of amides is 1. The minimum atomic E-state index is -0.141. The van der Waals surface area contributed by atoms with E-state index in [-0.39, 0.29) is 5.91 Å². The van der Waals surface area contributed by atoms with E-state index in [1.165, 1.54) is 0 Å². The summed E-state index contributed by atoms with van der Waals surface area (Å²) in [5.41, 5.74) is 2.45. The summed E-state index contributed by atoms with van der Waals surface area (Å²) in [6.07, 6.45) is 0. The molecule has 0 heterocycles. The van der Waals surface area contributed by atoms with Crippen LogP contribution in [0.1, 0.15) is 15.9 Å². The first kappa shape index (κ1) is 13.1. The van der Waals surface area contributed by atoms with Crippen molar-refractivity contribution in [2.45, 2.75) is 6.92 Å². The first-order valence-electron chi connectivity index (χ1n) is 5.39. The van der Waals surface area contributed by atoms with Gasteiger partial charge in [0.25, 0.3) is 5.91 Å². The summed E-state index contributed by atoms with van der Waals surface area (Å²) in [5, 5.41) is 3.45. The first-order valence-corrected chi connectivity index (χ1v) is 6.56. The Labute approximate surface area is 119 Å². The van der Waals surface area contributed by atoms with Gasteiger partial charge in [0.1, 0.15) is 0 Å². The van der Waals surface area contributed by atoms with Gasteiger partial charge in [-0.1, -0.05) is 29.3 Å². The molecule has 0 bridgehead atoms. The number of benzene rings is 2. The molecule has 1 N–H and O–H groups in total. The van der Waals surface area contributed by atoms with Crippen molar-refractivity contribution < 1.29 is 4.79 Å². The van der Waals surface area contributed by atoms with Crippen molar-refractivity contribution in [1.82, 2.24) is 0 Å². The summed E-state index contributed by atoms with van der Waals surface area (Å²) in [5.74, 6) is -0.141. The lowest BCUT2D eigenvalue weighted by Crippen LogP contribution is -2.12. The third kappa shape index (κ3) is 3.12. The average molecular weight is 325 g/mol. The Morgan fingerprint density at radius 2 is 1.83 bits per heavy atom. The summed E-state index contributed by atoms with van der Waals surface area (Å²) in [6, 6.07) is 12.7. The molecule has 0 radical (unpaired) electrons. The van der Waals surface area contributed by atoms with E-state index in [9.17, 15) is 4.79 Å². The zero-order valence-corrected chi connectivity index (χ0v) is 12.0. The van der Waals surface area contributed by atoms with Crippen LogP contribution >= 0.6 is 27.5 Å². The van der Waals surface area contributed by atoms with E-state index in [0.29, 0.717) is 16.3 Å². The maximum atomic E-state index is 12.0. The molecule has 2 rings (SSSR count). The van der Waals surface area contributed by atoms with Gasteiger partial charge in [-0.05, 0) is 53.2 Å². The van der Waals surface area contributed by atoms with Crippen LogP contribution < -0.4 is 5.32 Å². The van der Waals surface area contributed by atoms with Gasteiger partial charge >= 0.3 is 0 Å². The van der Waals surface area contributed by atoms with E-state index >= 15 is 0 Å². The summed E-state index contributed by atoms with van der Waals surface area (Å²) < 4.78 is 0.760. The molecule has 1 amide bonds. The fourth-order valence-electron chi connectivity index (χ4n) is 1.49. The fraction of sp³-hybridized carbons (Fsp3) is 0.0714. The summed E-state index contributed by atoms with van der Waals surface area (Å²) in [7, 11) is 0. The van der Waals surface area contributed by atoms with Crippen LogP contribution in [0.5, 0.6) is 0 Å². The molecule has 18 heavy (non-hydrogen) atoms. The number of halogens is 2. The van der Waals surface area contributed by atoms with Crippen LogP contribution in [0, 0.1) is 6.92 Å². The van der Waals surface area contributed by atoms with E-state index in [0.717, 1.165) is 10.0 Å². The van der Waals surface area contributed by atoms with Gasteiger partial charge in [0.2, 0.25) is 0 Å². The minimum absolute atomic E-state index is 0.141. The van der Waals surface area contributed by atoms with E-state index in [2.05, 4.69) is 21.2 Å². The number of nitrogens with one attached hydrogen (secondary N) is 1. The molecule has 4 heteroatoms. The molecule has 0 atom stereocenters. The molecule has 0 saturated carbocycles. The monoisotopic (exact) mass is 323 g/mol. The SMILES string of the molecule is Cc1ccc(C(=O)Nc2ccc(Cl)cc2Br)cc1. The van der Waals surface area contributed by atoms with Gasteiger partial charge in [0.05, 0.1) is 5.69 Å². The first-order chi connectivity index (χ1) is 8.56. The van der Waals surface area contributed by atoms with Gasteiger partial charge in [0, 0.05) is 15.1 Å². The quantitative estimate of drug-likeness (QED) is 0.855. The normalized spacial score (nSPS) is 10.2. The Morgan fingerprint density at radius 1 is 1.17 bits per heavy atom. The van der Waals surface area contributed by atoms with Crippen LogP contribution in [0.25, 0.3) is 0 Å². The smallest absolute Gasteiger partial charge is 0.255 e. The van der Waals surface area contributed by atoms with E-state index in [1.54, 1.807) is 30.3 Å². The van der Waals surface area contributed by atoms with Gasteiger partial charge in [-0.25, -0.2) is 0 Å². The zero-order chi connectivity index (χ0) is 13.1. The topological polar surface area (TPSA) is 29.1 Å². The average Bonchev–Trinajstić information content (AvgIpc) is 2.33. The summed E-state index contributed by atoms with van der Waals surface area (Å²) >= 11 is 9.21. The molecule has 0 fully saturated rings. The molecule has 0 aliphatic heterocycles. The number of anilines is 1. The number of hydrogen-bond donors (Lipinski definition) is 1. The molecule has 0 spiro atoms. The van der Waals surface area contributed by atoms with Gasteiger partial charge in [-0.3, -0.25) is 4.79 Å². The molecule has 2 aromatic carbocycles. The Balaban J connectivity index is 2.18. The van der Waals surface area contributed by atoms with Crippen molar-refractivity contribution in [2.24, 2.45) is 0 Å². The highest BCUT2D eigenvalue weighted by Gasteiger charge is 2.08. The van der Waals surface area contributed by atoms with Crippen molar-refractivity contribution >= 4 is 39.1 Å². The number of hydrogen-bond acceptors (Lipinski definition) is 1. The lowest BCUT2D eigenvalue weighted by atomic mass is 10.1. The molecule has 2 aromatic rings. The van der Waals surface area contributed by atoms with Crippen LogP contribution in [-0.2, 0) is 0 Å². The summed E-state index contributed by atoms with van der Waals surface area (Å²) in [6.45, 7) is 1.98. The van der Waals surface area contributed by atoms with Crippen molar-refractivity contribution in [2.75, 3.05) is 5.32 Å². The fourth-order valence-corrected chi connectivity index (χ4v) is 2.27. The van der Waals surface area contributed by atoms with Gasteiger partial charge in [-0.2, -0.15) is 0 Å². The van der Waals surface area contributed by atoms with Gasteiger partial charge in [0.15, 0.2) is 0 Å². The molecule has 92 valence electrons. The zero-order valence-electron chi connectivity index (χ0n) is 9.71. The van der Waals surface area contributed by atoms with Crippen LogP contribution in [0.2, 0.25) is 5.02 Å². The second-order valence-corrected chi connectivity index (χ2v) is 5.24. The third-order valence-corrected chi connectivity index (χ3v) is 3.38. The standard InChI is InChI=1S/C14H11BrClNO/c1-9-2-4-10(5-3-9)14(18)17-13-7-6-11(16)8-12(13)15/h2-8H,1H3,(H,17,18). The number of aryl methyl sites for hydroxylation is 1. The minimum Gasteiger partial charge on any atom is -0.321 e. The molecule has 0 unspecified atom stereocenters. The maximum Gasteiger partial charge on any atom is 0.255 e. The Kier molecular flexibility index (Phi) is 4.04. The lowest BCUT2D eigenvalue weighted by molar-refractivity contribution is 0.102. The van der Waals surface area contributed by atoms with Crippen molar-refractivity contribution in [3.05, 3.63) is 63.1 Å². The van der Waals surface area contributed by atoms with Crippen molar-refractivity contribution in [1.29, 1.82) is 0 Å². The molecule has 0 aliphatic rings. The van der Waals surface area contributed by atoms with Crippen LogP contribution in [0.15, 0.2) is 46.9 Å². The van der Waals surface area contributed by atoms with E-state index in [1.807, 2.05) is 19.1 Å². The summed E-state index contributed by atoms with van der Waals surface area (Å²) in [4.78, 5) is 12.0. The highest BCUT2D eigenvalue weighted by Crippen LogP contribution is 2.26. The highest BCUT2D eigenvalue weighted by atomic mass is 79.9. The number of rotatable bonds is 2. The highest BCUT2D eigenvalue weighted by molar-refractivity contribution is 9.10. The Morgan fingerprint density at radius 3 is 2.44 bits per heavy atom. The molecule has 0 aliphatic carbocycles. The van der Waals surface area contributed by atoms with Crippen LogP contribution in [0.3, 0.4) is 0 Å². The van der Waals surface area contributed by atoms with Crippen LogP contribution in [0.4, 0.5) is 5.69 Å². The molecule has 0 aromatic heterocycles. The maximum absolute atomic E-state index is 12.0. The number of carbonyl (C=O) groups excluding carboxylic acids is 1. The van der Waals surface area contributed by atoms with Crippen LogP contribution in [-0.4, -0.2) is 5.91 Å². The van der Waals surface area contributed by atoms with Gasteiger partial charge in [-0.15, -0.1) is 0 Å². The van der Waals surface area contributed by atoms with Crippen molar-refractivity contribution in [3.8, 4) is 0 Å². The van der Waals surface area contributed by atoms with Crippen molar-refractivity contribution in [3.63, 3.8) is 0 Å². The number of carbonyl (C=O) groups is 1. The Bertz CT molecular complexity index is 581. The molecular weight excluding hydrogens is 314 g/mol. The second-order valence-electron chi connectivity index (χ2n) is 3.94. The third-order valence-electron chi connectivity index (χ3n) is 2.49. The molecule has 0 saturated heterocycles. The van der Waals surface area contributed by atoms with Gasteiger partial charge < -0.3 is 5.32 Å². The molecule has 2 nitrogen and oxygen atoms in total. The predicted molar refractivity (Wildman–Crippen MR) is 78.3 cm³/mol. The van der Waals surface area contributed by atoms with E-state index < -0.39 is 0 Å². The molecular formula is C14H11BrClNO.